The molecule has 0 aliphatic carbocycles. The van der Waals surface area contributed by atoms with Crippen LogP contribution >= 0.6 is 0 Å². The van der Waals surface area contributed by atoms with Gasteiger partial charge in [0.05, 0.1) is 12.8 Å². The molecule has 0 bridgehead atoms. The first-order valence-corrected chi connectivity index (χ1v) is 7.93. The Balaban J connectivity index is 1.95. The van der Waals surface area contributed by atoms with Crippen LogP contribution in [-0.2, 0) is 16.1 Å². The van der Waals surface area contributed by atoms with Crippen molar-refractivity contribution in [1.29, 1.82) is 0 Å². The van der Waals surface area contributed by atoms with E-state index in [0.717, 1.165) is 0 Å². The van der Waals surface area contributed by atoms with E-state index in [4.69, 9.17) is 4.74 Å². The Morgan fingerprint density at radius 1 is 1.12 bits per heavy atom. The quantitative estimate of drug-likeness (QED) is 0.839. The number of nitrogens with one attached hydrogen (secondary N) is 1. The molecule has 0 heterocycles. The van der Waals surface area contributed by atoms with E-state index in [-0.39, 0.29) is 37.1 Å². The summed E-state index contributed by atoms with van der Waals surface area (Å²) in [6, 6.07) is 13.4. The number of ether oxygens (including phenoxy) is 1. The van der Waals surface area contributed by atoms with E-state index in [1.807, 2.05) is 0 Å². The molecular formula is C19H21FN2O3. The van der Waals surface area contributed by atoms with Crippen LogP contribution in [0.1, 0.15) is 18.9 Å². The van der Waals surface area contributed by atoms with Gasteiger partial charge in [-0.25, -0.2) is 4.39 Å². The van der Waals surface area contributed by atoms with Crippen molar-refractivity contribution in [1.82, 2.24) is 4.90 Å². The summed E-state index contributed by atoms with van der Waals surface area (Å²) in [4.78, 5) is 25.4. The van der Waals surface area contributed by atoms with Crippen molar-refractivity contribution in [2.45, 2.75) is 19.9 Å². The highest BCUT2D eigenvalue weighted by atomic mass is 19.1. The number of hydrogen-bond acceptors (Lipinski definition) is 3. The summed E-state index contributed by atoms with van der Waals surface area (Å²) >= 11 is 0. The summed E-state index contributed by atoms with van der Waals surface area (Å²) in [6.07, 6.45) is 0.103. The first-order chi connectivity index (χ1) is 12.0. The Kier molecular flexibility index (Phi) is 6.51. The third-order valence-corrected chi connectivity index (χ3v) is 3.75. The summed E-state index contributed by atoms with van der Waals surface area (Å²) < 4.78 is 18.9. The molecule has 2 rings (SSSR count). The molecule has 0 atom stereocenters. The molecule has 5 nitrogen and oxygen atoms in total. The molecule has 25 heavy (non-hydrogen) atoms. The lowest BCUT2D eigenvalue weighted by Gasteiger charge is -2.21. The Morgan fingerprint density at radius 3 is 2.48 bits per heavy atom. The fourth-order valence-corrected chi connectivity index (χ4v) is 2.38. The van der Waals surface area contributed by atoms with Gasteiger partial charge >= 0.3 is 0 Å². The van der Waals surface area contributed by atoms with Gasteiger partial charge in [-0.15, -0.1) is 0 Å². The van der Waals surface area contributed by atoms with Crippen LogP contribution in [0.15, 0.2) is 48.5 Å². The molecule has 6 heteroatoms. The smallest absolute Gasteiger partial charge is 0.226 e. The van der Waals surface area contributed by atoms with Crippen molar-refractivity contribution in [3.8, 4) is 5.75 Å². The number of para-hydroxylation sites is 2. The molecule has 0 fully saturated rings. The zero-order valence-electron chi connectivity index (χ0n) is 14.3. The Morgan fingerprint density at radius 2 is 1.80 bits per heavy atom. The molecule has 2 amide bonds. The fourth-order valence-electron chi connectivity index (χ4n) is 2.38. The summed E-state index contributed by atoms with van der Waals surface area (Å²) in [5.74, 6) is -0.268. The third-order valence-electron chi connectivity index (χ3n) is 3.75. The van der Waals surface area contributed by atoms with Crippen LogP contribution in [0.3, 0.4) is 0 Å². The van der Waals surface area contributed by atoms with E-state index in [1.165, 1.54) is 25.0 Å². The van der Waals surface area contributed by atoms with Crippen molar-refractivity contribution in [3.63, 3.8) is 0 Å². The zero-order chi connectivity index (χ0) is 18.2. The monoisotopic (exact) mass is 344 g/mol. The van der Waals surface area contributed by atoms with E-state index in [0.29, 0.717) is 17.0 Å². The lowest BCUT2D eigenvalue weighted by atomic mass is 10.2. The highest BCUT2D eigenvalue weighted by Crippen LogP contribution is 2.23. The van der Waals surface area contributed by atoms with Gasteiger partial charge in [0.2, 0.25) is 11.8 Å². The molecule has 0 aliphatic rings. The summed E-state index contributed by atoms with van der Waals surface area (Å²) in [5, 5.41) is 2.76. The zero-order valence-corrected chi connectivity index (χ0v) is 14.3. The van der Waals surface area contributed by atoms with E-state index >= 15 is 0 Å². The van der Waals surface area contributed by atoms with Crippen LogP contribution in [0.4, 0.5) is 10.1 Å². The molecule has 0 aromatic heterocycles. The average molecular weight is 344 g/mol. The van der Waals surface area contributed by atoms with Gasteiger partial charge in [-0.1, -0.05) is 30.3 Å². The largest absolute Gasteiger partial charge is 0.495 e. The molecule has 1 N–H and O–H groups in total. The van der Waals surface area contributed by atoms with Crippen LogP contribution in [0.5, 0.6) is 5.75 Å². The predicted octanol–water partition coefficient (Wildman–Crippen LogP) is 3.21. The van der Waals surface area contributed by atoms with Crippen LogP contribution < -0.4 is 10.1 Å². The van der Waals surface area contributed by atoms with Gasteiger partial charge in [0, 0.05) is 32.0 Å². The summed E-state index contributed by atoms with van der Waals surface area (Å²) in [5.41, 5.74) is 0.987. The summed E-state index contributed by atoms with van der Waals surface area (Å²) in [7, 11) is 1.52. The summed E-state index contributed by atoms with van der Waals surface area (Å²) in [6.45, 7) is 1.73. The lowest BCUT2D eigenvalue weighted by Crippen LogP contribution is -2.32. The van der Waals surface area contributed by atoms with Gasteiger partial charge < -0.3 is 15.0 Å². The molecule has 0 saturated heterocycles. The number of methoxy groups -OCH3 is 1. The average Bonchev–Trinajstić information content (AvgIpc) is 2.60. The molecule has 0 radical (unpaired) electrons. The minimum atomic E-state index is -0.368. The standard InChI is InChI=1S/C19H21FN2O3/c1-14(23)22(13-15-7-3-4-8-16(15)20)12-11-19(24)21-17-9-5-6-10-18(17)25-2/h3-10H,11-13H2,1-2H3,(H,21,24). The molecular weight excluding hydrogens is 323 g/mol. The number of carbonyl (C=O) groups excluding carboxylic acids is 2. The van der Waals surface area contributed by atoms with Crippen LogP contribution in [0.2, 0.25) is 0 Å². The normalized spacial score (nSPS) is 10.2. The Hall–Kier alpha value is -2.89. The topological polar surface area (TPSA) is 58.6 Å². The van der Waals surface area contributed by atoms with Gasteiger partial charge in [-0.2, -0.15) is 0 Å². The van der Waals surface area contributed by atoms with E-state index in [2.05, 4.69) is 5.32 Å². The SMILES string of the molecule is COc1ccccc1NC(=O)CCN(Cc1ccccc1F)C(C)=O. The molecule has 0 spiro atoms. The lowest BCUT2D eigenvalue weighted by molar-refractivity contribution is -0.130. The second kappa shape index (κ2) is 8.82. The number of anilines is 1. The minimum Gasteiger partial charge on any atom is -0.495 e. The van der Waals surface area contributed by atoms with Crippen molar-refractivity contribution >= 4 is 17.5 Å². The second-order valence-electron chi connectivity index (χ2n) is 5.53. The van der Waals surface area contributed by atoms with Crippen molar-refractivity contribution in [2.24, 2.45) is 0 Å². The van der Waals surface area contributed by atoms with Crippen LogP contribution in [0.25, 0.3) is 0 Å². The van der Waals surface area contributed by atoms with E-state index in [9.17, 15) is 14.0 Å². The molecule has 0 unspecified atom stereocenters. The van der Waals surface area contributed by atoms with E-state index in [1.54, 1.807) is 42.5 Å². The number of halogens is 1. The van der Waals surface area contributed by atoms with Gasteiger partial charge in [0.25, 0.3) is 0 Å². The van der Waals surface area contributed by atoms with Gasteiger partial charge in [-0.3, -0.25) is 9.59 Å². The molecule has 0 saturated carbocycles. The number of amides is 2. The maximum absolute atomic E-state index is 13.8. The fraction of sp³-hybridized carbons (Fsp3) is 0.263. The van der Waals surface area contributed by atoms with Gasteiger partial charge in [0.15, 0.2) is 0 Å². The minimum absolute atomic E-state index is 0.103. The number of hydrogen-bond donors (Lipinski definition) is 1. The first-order valence-electron chi connectivity index (χ1n) is 7.93. The van der Waals surface area contributed by atoms with Crippen molar-refractivity contribution < 1.29 is 18.7 Å². The number of nitrogens with zero attached hydrogens (tertiary/aromatic N) is 1. The Labute approximate surface area is 146 Å². The van der Waals surface area contributed by atoms with Crippen LogP contribution in [0, 0.1) is 5.82 Å². The number of benzene rings is 2. The van der Waals surface area contributed by atoms with Crippen molar-refractivity contribution in [3.05, 3.63) is 59.9 Å². The maximum atomic E-state index is 13.8. The molecule has 0 aliphatic heterocycles. The highest BCUT2D eigenvalue weighted by Gasteiger charge is 2.14. The van der Waals surface area contributed by atoms with Gasteiger partial charge in [-0.05, 0) is 18.2 Å². The Bertz CT molecular complexity index is 749. The third kappa shape index (κ3) is 5.31. The number of carbonyl (C=O) groups is 2. The van der Waals surface area contributed by atoms with Gasteiger partial charge in [0.1, 0.15) is 11.6 Å². The van der Waals surface area contributed by atoms with Crippen molar-refractivity contribution in [2.75, 3.05) is 19.0 Å². The maximum Gasteiger partial charge on any atom is 0.226 e. The molecule has 2 aromatic carbocycles. The second-order valence-corrected chi connectivity index (χ2v) is 5.53. The van der Waals surface area contributed by atoms with Crippen LogP contribution in [-0.4, -0.2) is 30.4 Å². The molecule has 2 aromatic rings. The van der Waals surface area contributed by atoms with E-state index < -0.39 is 0 Å². The predicted molar refractivity (Wildman–Crippen MR) is 93.7 cm³/mol. The molecule has 132 valence electrons. The highest BCUT2D eigenvalue weighted by molar-refractivity contribution is 5.92. The number of rotatable bonds is 7. The first kappa shape index (κ1) is 18.4.